The molecule has 1 rings (SSSR count). The van der Waals surface area contributed by atoms with Crippen LogP contribution < -0.4 is 0 Å². The van der Waals surface area contributed by atoms with E-state index in [1.54, 1.807) is 13.0 Å². The highest BCUT2D eigenvalue weighted by Gasteiger charge is 1.84. The van der Waals surface area contributed by atoms with Crippen molar-refractivity contribution in [2.45, 2.75) is 13.3 Å². The molecule has 1 heteroatoms. The molecule has 0 N–H and O–H groups in total. The zero-order valence-corrected chi connectivity index (χ0v) is 7.70. The molecule has 0 radical (unpaired) electrons. The third-order valence-electron chi connectivity index (χ3n) is 1.70. The van der Waals surface area contributed by atoms with E-state index in [2.05, 4.69) is 0 Å². The Morgan fingerprint density at radius 2 is 2.00 bits per heavy atom. The van der Waals surface area contributed by atoms with E-state index in [0.717, 1.165) is 5.56 Å². The van der Waals surface area contributed by atoms with Crippen LogP contribution in [0.25, 0.3) is 6.08 Å². The average Bonchev–Trinajstić information content (AvgIpc) is 2.19. The summed E-state index contributed by atoms with van der Waals surface area (Å²) in [5.41, 5.74) is 1.09. The molecule has 0 atom stereocenters. The van der Waals surface area contributed by atoms with Crippen LogP contribution in [0, 0.1) is 0 Å². The second kappa shape index (κ2) is 5.31. The van der Waals surface area contributed by atoms with Crippen molar-refractivity contribution in [1.29, 1.82) is 0 Å². The molecule has 1 aromatic carbocycles. The molecule has 68 valence electrons. The molecule has 0 nitrogen and oxygen atoms in total. The maximum absolute atomic E-state index is 12.6. The molecule has 0 aliphatic rings. The Morgan fingerprint density at radius 3 is 2.62 bits per heavy atom. The van der Waals surface area contributed by atoms with Gasteiger partial charge in [0, 0.05) is 0 Å². The van der Waals surface area contributed by atoms with Gasteiger partial charge in [0.25, 0.3) is 0 Å². The normalized spacial score (nSPS) is 12.3. The van der Waals surface area contributed by atoms with Crippen LogP contribution in [-0.4, -0.2) is 0 Å². The van der Waals surface area contributed by atoms with Gasteiger partial charge in [-0.05, 0) is 18.1 Å². The van der Waals surface area contributed by atoms with Crippen LogP contribution in [0.3, 0.4) is 0 Å². The molecule has 0 aliphatic heterocycles. The van der Waals surface area contributed by atoms with Gasteiger partial charge in [0.15, 0.2) is 0 Å². The van der Waals surface area contributed by atoms with Gasteiger partial charge in [-0.1, -0.05) is 49.4 Å². The fraction of sp³-hybridized carbons (Fsp3) is 0.167. The second-order valence-corrected chi connectivity index (χ2v) is 2.74. The molecule has 0 heterocycles. The Morgan fingerprint density at radius 1 is 1.31 bits per heavy atom. The van der Waals surface area contributed by atoms with Gasteiger partial charge in [-0.25, -0.2) is 4.39 Å². The largest absolute Gasteiger partial charge is 0.212 e. The molecule has 0 saturated carbocycles. The highest BCUT2D eigenvalue weighted by molar-refractivity contribution is 5.50. The van der Waals surface area contributed by atoms with E-state index in [9.17, 15) is 4.39 Å². The smallest absolute Gasteiger partial charge is 0.0996 e. The molecule has 0 amide bonds. The Hall–Kier alpha value is -1.37. The lowest BCUT2D eigenvalue weighted by atomic mass is 10.2. The molecule has 0 aromatic heterocycles. The Kier molecular flexibility index (Phi) is 3.97. The third kappa shape index (κ3) is 3.70. The van der Waals surface area contributed by atoms with Gasteiger partial charge in [-0.15, -0.1) is 0 Å². The van der Waals surface area contributed by atoms with Gasteiger partial charge in [0.05, 0.1) is 5.83 Å². The molecule has 0 fully saturated rings. The summed E-state index contributed by atoms with van der Waals surface area (Å²) in [6, 6.07) is 9.83. The van der Waals surface area contributed by atoms with Crippen LogP contribution in [0.1, 0.15) is 18.9 Å². The van der Waals surface area contributed by atoms with E-state index in [-0.39, 0.29) is 5.83 Å². The lowest BCUT2D eigenvalue weighted by Gasteiger charge is -1.89. The lowest BCUT2D eigenvalue weighted by molar-refractivity contribution is 0.605. The van der Waals surface area contributed by atoms with E-state index >= 15 is 0 Å². The predicted molar refractivity (Wildman–Crippen MR) is 55.0 cm³/mol. The third-order valence-corrected chi connectivity index (χ3v) is 1.70. The highest BCUT2D eigenvalue weighted by Crippen LogP contribution is 2.04. The zero-order chi connectivity index (χ0) is 9.52. The first-order chi connectivity index (χ1) is 6.33. The van der Waals surface area contributed by atoms with E-state index < -0.39 is 0 Å². The summed E-state index contributed by atoms with van der Waals surface area (Å²) in [6.45, 7) is 1.79. The summed E-state index contributed by atoms with van der Waals surface area (Å²) in [5.74, 6) is -0.0906. The highest BCUT2D eigenvalue weighted by atomic mass is 19.1. The van der Waals surface area contributed by atoms with Crippen molar-refractivity contribution >= 4 is 6.08 Å². The number of rotatable bonds is 3. The molecule has 0 bridgehead atoms. The van der Waals surface area contributed by atoms with Gasteiger partial charge >= 0.3 is 0 Å². The van der Waals surface area contributed by atoms with Crippen molar-refractivity contribution in [3.05, 3.63) is 53.9 Å². The molecule has 0 unspecified atom stereocenters. The lowest BCUT2D eigenvalue weighted by Crippen LogP contribution is -1.68. The van der Waals surface area contributed by atoms with Crippen LogP contribution in [0.4, 0.5) is 4.39 Å². The number of hydrogen-bond donors (Lipinski definition) is 0. The first-order valence-electron chi connectivity index (χ1n) is 4.40. The minimum atomic E-state index is -0.0906. The summed E-state index contributed by atoms with van der Waals surface area (Å²) in [5, 5.41) is 0. The van der Waals surface area contributed by atoms with E-state index in [1.165, 1.54) is 6.08 Å². The van der Waals surface area contributed by atoms with Gasteiger partial charge in [0.2, 0.25) is 0 Å². The van der Waals surface area contributed by atoms with Crippen LogP contribution in [-0.2, 0) is 0 Å². The van der Waals surface area contributed by atoms with E-state index in [1.807, 2.05) is 36.4 Å². The minimum absolute atomic E-state index is 0.0906. The fourth-order valence-corrected chi connectivity index (χ4v) is 0.946. The van der Waals surface area contributed by atoms with Crippen molar-refractivity contribution in [3.63, 3.8) is 0 Å². The van der Waals surface area contributed by atoms with Crippen LogP contribution in [0.2, 0.25) is 0 Å². The van der Waals surface area contributed by atoms with Crippen molar-refractivity contribution in [2.75, 3.05) is 0 Å². The number of benzene rings is 1. The van der Waals surface area contributed by atoms with Crippen molar-refractivity contribution in [3.8, 4) is 0 Å². The standard InChI is InChI=1S/C12H13F/c1-2-12(13)10-6-9-11-7-4-3-5-8-11/h3-10H,2H2,1H3/b9-6+,12-10-. The minimum Gasteiger partial charge on any atom is -0.212 e. The van der Waals surface area contributed by atoms with Crippen LogP contribution in [0.15, 0.2) is 48.3 Å². The summed E-state index contributed by atoms with van der Waals surface area (Å²) < 4.78 is 12.6. The molecule has 13 heavy (non-hydrogen) atoms. The maximum Gasteiger partial charge on any atom is 0.0996 e. The monoisotopic (exact) mass is 176 g/mol. The summed E-state index contributed by atoms with van der Waals surface area (Å²) >= 11 is 0. The molecular formula is C12H13F. The molecule has 1 aromatic rings. The molecule has 0 saturated heterocycles. The summed E-state index contributed by atoms with van der Waals surface area (Å²) in [6.07, 6.45) is 5.57. The van der Waals surface area contributed by atoms with Crippen molar-refractivity contribution < 1.29 is 4.39 Å². The Bertz CT molecular complexity index is 296. The molecular weight excluding hydrogens is 163 g/mol. The topological polar surface area (TPSA) is 0 Å². The van der Waals surface area contributed by atoms with Crippen LogP contribution >= 0.6 is 0 Å². The van der Waals surface area contributed by atoms with Crippen LogP contribution in [0.5, 0.6) is 0 Å². The first-order valence-corrected chi connectivity index (χ1v) is 4.40. The molecule has 0 aliphatic carbocycles. The second-order valence-electron chi connectivity index (χ2n) is 2.74. The van der Waals surface area contributed by atoms with Gasteiger partial charge in [-0.2, -0.15) is 0 Å². The van der Waals surface area contributed by atoms with Gasteiger partial charge < -0.3 is 0 Å². The van der Waals surface area contributed by atoms with Crippen molar-refractivity contribution in [1.82, 2.24) is 0 Å². The summed E-state index contributed by atoms with van der Waals surface area (Å²) in [7, 11) is 0. The van der Waals surface area contributed by atoms with Gasteiger partial charge in [0.1, 0.15) is 0 Å². The summed E-state index contributed by atoms with van der Waals surface area (Å²) in [4.78, 5) is 0. The maximum atomic E-state index is 12.6. The molecule has 0 spiro atoms. The van der Waals surface area contributed by atoms with Gasteiger partial charge in [-0.3, -0.25) is 0 Å². The van der Waals surface area contributed by atoms with E-state index in [4.69, 9.17) is 0 Å². The number of halogens is 1. The quantitative estimate of drug-likeness (QED) is 0.611. The average molecular weight is 176 g/mol. The zero-order valence-electron chi connectivity index (χ0n) is 7.70. The van der Waals surface area contributed by atoms with E-state index in [0.29, 0.717) is 6.42 Å². The number of hydrogen-bond acceptors (Lipinski definition) is 0. The first kappa shape index (κ1) is 9.72. The Balaban J connectivity index is 2.60. The fourth-order valence-electron chi connectivity index (χ4n) is 0.946. The predicted octanol–water partition coefficient (Wildman–Crippen LogP) is 3.96. The Labute approximate surface area is 78.4 Å². The van der Waals surface area contributed by atoms with Crippen molar-refractivity contribution in [2.24, 2.45) is 0 Å². The SMILES string of the molecule is CC/C(F)=C/C=C/c1ccccc1. The number of allylic oxidation sites excluding steroid dienone is 3.